The van der Waals surface area contributed by atoms with Crippen LogP contribution in [0.5, 0.6) is 5.75 Å². The van der Waals surface area contributed by atoms with Crippen LogP contribution in [0.1, 0.15) is 31.7 Å². The molecule has 0 spiro atoms. The maximum atomic E-state index is 10.6. The van der Waals surface area contributed by atoms with Crippen molar-refractivity contribution in [2.75, 3.05) is 0 Å². The lowest BCUT2D eigenvalue weighted by atomic mass is 10.1. The predicted molar refractivity (Wildman–Crippen MR) is 48.1 cm³/mol. The largest absolute Gasteiger partial charge is 0.594 e. The number of rotatable bonds is 4. The Morgan fingerprint density at radius 3 is 2.92 bits per heavy atom. The third-order valence-corrected chi connectivity index (χ3v) is 1.94. The van der Waals surface area contributed by atoms with Crippen LogP contribution in [0, 0.1) is 5.21 Å². The number of aromatic hydroxyl groups is 1. The van der Waals surface area contributed by atoms with E-state index in [0.29, 0.717) is 4.85 Å². The fourth-order valence-electron chi connectivity index (χ4n) is 1.17. The predicted octanol–water partition coefficient (Wildman–Crippen LogP) is 1.15. The molecule has 0 radical (unpaired) electrons. The van der Waals surface area contributed by atoms with Crippen LogP contribution in [0.25, 0.3) is 0 Å². The van der Waals surface area contributed by atoms with Gasteiger partial charge in [-0.25, -0.2) is 0 Å². The van der Waals surface area contributed by atoms with Crippen molar-refractivity contribution in [2.24, 2.45) is 0 Å². The average molecular weight is 182 g/mol. The van der Waals surface area contributed by atoms with Gasteiger partial charge in [0.05, 0.1) is 0 Å². The summed E-state index contributed by atoms with van der Waals surface area (Å²) >= 11 is 0. The molecule has 0 fully saturated rings. The zero-order valence-electron chi connectivity index (χ0n) is 7.73. The first-order valence-corrected chi connectivity index (χ1v) is 4.51. The van der Waals surface area contributed by atoms with E-state index in [1.54, 1.807) is 0 Å². The minimum Gasteiger partial charge on any atom is -0.594 e. The second kappa shape index (κ2) is 4.64. The van der Waals surface area contributed by atoms with Gasteiger partial charge in [-0.05, 0) is 12.8 Å². The Kier molecular flexibility index (Phi) is 3.49. The first kappa shape index (κ1) is 9.77. The van der Waals surface area contributed by atoms with Gasteiger partial charge in [0.15, 0.2) is 5.75 Å². The SMILES string of the molecule is CCCCCc1cn[n+]([O-])cc1O. The Hall–Kier alpha value is -1.32. The smallest absolute Gasteiger partial charge is 0.251 e. The number of nitrogens with zero attached hydrogens (tertiary/aromatic N) is 2. The van der Waals surface area contributed by atoms with Crippen LogP contribution < -0.4 is 4.85 Å². The molecule has 1 aromatic rings. The molecular weight excluding hydrogens is 168 g/mol. The highest BCUT2D eigenvalue weighted by Gasteiger charge is 2.05. The lowest BCUT2D eigenvalue weighted by molar-refractivity contribution is -0.669. The summed E-state index contributed by atoms with van der Waals surface area (Å²) in [7, 11) is 0. The second-order valence-corrected chi connectivity index (χ2v) is 3.04. The molecule has 1 heterocycles. The average Bonchev–Trinajstić information content (AvgIpc) is 2.09. The molecule has 4 heteroatoms. The van der Waals surface area contributed by atoms with Crippen molar-refractivity contribution in [1.29, 1.82) is 0 Å². The van der Waals surface area contributed by atoms with Crippen LogP contribution in [-0.4, -0.2) is 10.2 Å². The summed E-state index contributed by atoms with van der Waals surface area (Å²) in [4.78, 5) is 0.360. The Bertz CT molecular complexity index is 276. The molecule has 13 heavy (non-hydrogen) atoms. The van der Waals surface area contributed by atoms with E-state index in [4.69, 9.17) is 0 Å². The molecule has 0 amide bonds. The van der Waals surface area contributed by atoms with E-state index in [9.17, 15) is 10.3 Å². The molecule has 0 bridgehead atoms. The summed E-state index contributed by atoms with van der Waals surface area (Å²) in [5.41, 5.74) is 0.751. The maximum absolute atomic E-state index is 10.6. The zero-order valence-corrected chi connectivity index (χ0v) is 7.73. The van der Waals surface area contributed by atoms with E-state index in [2.05, 4.69) is 12.0 Å². The molecule has 1 aromatic heterocycles. The van der Waals surface area contributed by atoms with Crippen molar-refractivity contribution in [3.63, 3.8) is 0 Å². The molecule has 0 saturated carbocycles. The normalized spacial score (nSPS) is 10.2. The quantitative estimate of drug-likeness (QED) is 0.431. The van der Waals surface area contributed by atoms with Crippen molar-refractivity contribution >= 4 is 0 Å². The van der Waals surface area contributed by atoms with Crippen LogP contribution in [0.2, 0.25) is 0 Å². The maximum Gasteiger partial charge on any atom is 0.251 e. The first-order valence-electron chi connectivity index (χ1n) is 4.51. The molecule has 1 N–H and O–H groups in total. The highest BCUT2D eigenvalue weighted by Crippen LogP contribution is 2.15. The van der Waals surface area contributed by atoms with Crippen LogP contribution in [-0.2, 0) is 6.42 Å². The van der Waals surface area contributed by atoms with E-state index in [1.807, 2.05) is 0 Å². The van der Waals surface area contributed by atoms with E-state index in [1.165, 1.54) is 6.20 Å². The van der Waals surface area contributed by atoms with Crippen LogP contribution in [0.4, 0.5) is 0 Å². The monoisotopic (exact) mass is 182 g/mol. The standard InChI is InChI=1S/C9H14N2O2/c1-2-3-4-5-8-6-10-11(13)7-9(8)12/h6-7,12H,2-5H2,1H3. The number of hydrogen-bond donors (Lipinski definition) is 1. The Morgan fingerprint density at radius 1 is 1.54 bits per heavy atom. The zero-order chi connectivity index (χ0) is 9.68. The van der Waals surface area contributed by atoms with Crippen molar-refractivity contribution in [3.05, 3.63) is 23.2 Å². The van der Waals surface area contributed by atoms with Gasteiger partial charge < -0.3 is 10.3 Å². The Balaban J connectivity index is 2.56. The summed E-state index contributed by atoms with van der Waals surface area (Å²) in [6.07, 6.45) is 6.59. The van der Waals surface area contributed by atoms with Gasteiger partial charge in [-0.1, -0.05) is 24.6 Å². The number of aryl methyl sites for hydroxylation is 1. The Morgan fingerprint density at radius 2 is 2.31 bits per heavy atom. The van der Waals surface area contributed by atoms with Gasteiger partial charge in [-0.2, -0.15) is 0 Å². The van der Waals surface area contributed by atoms with Crippen molar-refractivity contribution in [3.8, 4) is 5.75 Å². The summed E-state index contributed by atoms with van der Waals surface area (Å²) in [6.45, 7) is 2.12. The Labute approximate surface area is 77.4 Å². The topological polar surface area (TPSA) is 60.1 Å². The van der Waals surface area contributed by atoms with E-state index in [0.717, 1.165) is 37.4 Å². The summed E-state index contributed by atoms with van der Waals surface area (Å²) in [5, 5.41) is 23.5. The van der Waals surface area contributed by atoms with Crippen molar-refractivity contribution < 1.29 is 9.95 Å². The van der Waals surface area contributed by atoms with E-state index < -0.39 is 0 Å². The molecule has 0 aromatic carbocycles. The molecule has 0 aliphatic rings. The molecule has 0 unspecified atom stereocenters. The minimum atomic E-state index is 0.0427. The molecule has 0 saturated heterocycles. The number of unbranched alkanes of at least 4 members (excludes halogenated alkanes) is 2. The van der Waals surface area contributed by atoms with E-state index in [-0.39, 0.29) is 5.75 Å². The van der Waals surface area contributed by atoms with Crippen molar-refractivity contribution in [1.82, 2.24) is 5.10 Å². The molecule has 0 atom stereocenters. The third kappa shape index (κ3) is 2.89. The first-order chi connectivity index (χ1) is 6.24. The van der Waals surface area contributed by atoms with Crippen molar-refractivity contribution in [2.45, 2.75) is 32.6 Å². The summed E-state index contributed by atoms with van der Waals surface area (Å²) < 4.78 is 0. The third-order valence-electron chi connectivity index (χ3n) is 1.94. The highest BCUT2D eigenvalue weighted by atomic mass is 16.5. The molecule has 0 aliphatic carbocycles. The molecule has 4 nitrogen and oxygen atoms in total. The van der Waals surface area contributed by atoms with Gasteiger partial charge in [-0.3, -0.25) is 0 Å². The fourth-order valence-corrected chi connectivity index (χ4v) is 1.17. The van der Waals surface area contributed by atoms with Gasteiger partial charge >= 0.3 is 0 Å². The van der Waals surface area contributed by atoms with Gasteiger partial charge in [0, 0.05) is 10.7 Å². The van der Waals surface area contributed by atoms with Crippen LogP contribution >= 0.6 is 0 Å². The van der Waals surface area contributed by atoms with Crippen LogP contribution in [0.3, 0.4) is 0 Å². The molecule has 72 valence electrons. The second-order valence-electron chi connectivity index (χ2n) is 3.04. The molecule has 0 aliphatic heterocycles. The highest BCUT2D eigenvalue weighted by molar-refractivity contribution is 5.24. The minimum absolute atomic E-state index is 0.0427. The molecule has 1 rings (SSSR count). The summed E-state index contributed by atoms with van der Waals surface area (Å²) in [6, 6.07) is 0. The number of aromatic nitrogens is 2. The van der Waals surface area contributed by atoms with Crippen LogP contribution in [0.15, 0.2) is 12.4 Å². The lowest BCUT2D eigenvalue weighted by Gasteiger charge is -2.01. The van der Waals surface area contributed by atoms with Gasteiger partial charge in [0.2, 0.25) is 0 Å². The van der Waals surface area contributed by atoms with E-state index >= 15 is 0 Å². The summed E-state index contributed by atoms with van der Waals surface area (Å²) in [5.74, 6) is 0.0427. The van der Waals surface area contributed by atoms with Gasteiger partial charge in [0.1, 0.15) is 6.20 Å². The van der Waals surface area contributed by atoms with Gasteiger partial charge in [0.25, 0.3) is 6.20 Å². The van der Waals surface area contributed by atoms with Gasteiger partial charge in [-0.15, -0.1) is 0 Å². The fraction of sp³-hybridized carbons (Fsp3) is 0.556. The number of hydrogen-bond acceptors (Lipinski definition) is 3. The lowest BCUT2D eigenvalue weighted by Crippen LogP contribution is -2.29. The molecular formula is C9H14N2O2.